The summed E-state index contributed by atoms with van der Waals surface area (Å²) in [6, 6.07) is 6.37. The van der Waals surface area contributed by atoms with E-state index in [4.69, 9.17) is 38.2 Å². The highest BCUT2D eigenvalue weighted by Crippen LogP contribution is 2.27. The summed E-state index contributed by atoms with van der Waals surface area (Å²) in [4.78, 5) is 11.4. The molecule has 0 bridgehead atoms. The van der Waals surface area contributed by atoms with Gasteiger partial charge < -0.3 is 9.15 Å². The lowest BCUT2D eigenvalue weighted by Crippen LogP contribution is -2.30. The van der Waals surface area contributed by atoms with Gasteiger partial charge in [0.1, 0.15) is 12.4 Å². The molecule has 0 aliphatic rings. The van der Waals surface area contributed by atoms with E-state index in [2.05, 4.69) is 0 Å². The number of hydrazine groups is 1. The number of furan rings is 1. The molecule has 1 amide bonds. The van der Waals surface area contributed by atoms with E-state index in [1.54, 1.807) is 18.2 Å². The van der Waals surface area contributed by atoms with Gasteiger partial charge in [0.05, 0.1) is 21.9 Å². The summed E-state index contributed by atoms with van der Waals surface area (Å²) >= 11 is 11.7. The van der Waals surface area contributed by atoms with Gasteiger partial charge in [-0.3, -0.25) is 10.2 Å². The first kappa shape index (κ1) is 13.7. The molecular weight excluding hydrogens is 291 g/mol. The third kappa shape index (κ3) is 3.20. The first-order valence-electron chi connectivity index (χ1n) is 5.27. The van der Waals surface area contributed by atoms with Crippen molar-refractivity contribution in [3.8, 4) is 5.75 Å². The van der Waals surface area contributed by atoms with Gasteiger partial charge in [0, 0.05) is 6.07 Å². The van der Waals surface area contributed by atoms with Crippen LogP contribution in [-0.2, 0) is 6.61 Å². The first-order valence-corrected chi connectivity index (χ1v) is 6.02. The van der Waals surface area contributed by atoms with E-state index >= 15 is 0 Å². The zero-order chi connectivity index (χ0) is 13.8. The Labute approximate surface area is 119 Å². The fourth-order valence-electron chi connectivity index (χ4n) is 1.45. The Kier molecular flexibility index (Phi) is 4.31. The fourth-order valence-corrected chi connectivity index (χ4v) is 1.74. The van der Waals surface area contributed by atoms with Gasteiger partial charge in [0.2, 0.25) is 0 Å². The van der Waals surface area contributed by atoms with Crippen molar-refractivity contribution in [2.24, 2.45) is 5.84 Å². The number of hydrogen-bond donors (Lipinski definition) is 2. The Morgan fingerprint density at radius 2 is 2.11 bits per heavy atom. The lowest BCUT2D eigenvalue weighted by atomic mass is 10.2. The molecule has 1 heterocycles. The van der Waals surface area contributed by atoms with Crippen LogP contribution in [-0.4, -0.2) is 5.91 Å². The minimum Gasteiger partial charge on any atom is -0.486 e. The predicted octanol–water partition coefficient (Wildman–Crippen LogP) is 2.77. The van der Waals surface area contributed by atoms with Gasteiger partial charge >= 0.3 is 0 Å². The van der Waals surface area contributed by atoms with Gasteiger partial charge in [-0.15, -0.1) is 0 Å². The minimum absolute atomic E-state index is 0.0771. The molecule has 0 fully saturated rings. The average molecular weight is 301 g/mol. The van der Waals surface area contributed by atoms with Gasteiger partial charge in [0.15, 0.2) is 5.76 Å². The smallest absolute Gasteiger partial charge is 0.268 e. The monoisotopic (exact) mass is 300 g/mol. The fraction of sp³-hybridized carbons (Fsp3) is 0.0833. The van der Waals surface area contributed by atoms with Crippen LogP contribution in [0.1, 0.15) is 16.1 Å². The Morgan fingerprint density at radius 1 is 1.32 bits per heavy atom. The molecule has 0 aliphatic heterocycles. The van der Waals surface area contributed by atoms with E-state index in [9.17, 15) is 4.79 Å². The van der Waals surface area contributed by atoms with E-state index in [-0.39, 0.29) is 6.61 Å². The van der Waals surface area contributed by atoms with Crippen molar-refractivity contribution in [3.05, 3.63) is 51.9 Å². The van der Waals surface area contributed by atoms with Gasteiger partial charge in [-0.05, 0) is 18.2 Å². The molecule has 1 aromatic carbocycles. The summed E-state index contributed by atoms with van der Waals surface area (Å²) in [6.45, 7) is 0.0771. The largest absolute Gasteiger partial charge is 0.486 e. The molecule has 1 aromatic heterocycles. The lowest BCUT2D eigenvalue weighted by Gasteiger charge is -2.06. The number of nitrogens with one attached hydrogen (secondary N) is 1. The first-order chi connectivity index (χ1) is 9.11. The van der Waals surface area contributed by atoms with E-state index in [1.807, 2.05) is 5.43 Å². The highest BCUT2D eigenvalue weighted by molar-refractivity contribution is 6.42. The van der Waals surface area contributed by atoms with Crippen LogP contribution in [0.4, 0.5) is 0 Å². The molecule has 100 valence electrons. The van der Waals surface area contributed by atoms with Crippen molar-refractivity contribution in [2.45, 2.75) is 6.61 Å². The number of carbonyl (C=O) groups is 1. The van der Waals surface area contributed by atoms with Crippen LogP contribution >= 0.6 is 23.2 Å². The molecule has 0 unspecified atom stereocenters. The van der Waals surface area contributed by atoms with Gasteiger partial charge in [-0.2, -0.15) is 0 Å². The molecule has 0 saturated carbocycles. The Balaban J connectivity index is 2.08. The Hall–Kier alpha value is -1.69. The molecule has 5 nitrogen and oxygen atoms in total. The summed E-state index contributed by atoms with van der Waals surface area (Å²) in [5.74, 6) is 5.51. The average Bonchev–Trinajstić information content (AvgIpc) is 2.87. The quantitative estimate of drug-likeness (QED) is 0.517. The molecule has 19 heavy (non-hydrogen) atoms. The van der Waals surface area contributed by atoms with Crippen molar-refractivity contribution in [3.63, 3.8) is 0 Å². The standard InChI is InChI=1S/C12H10Cl2N2O3/c13-9-2-1-7(5-10(9)14)19-6-11-8(3-4-18-11)12(17)16-15/h1-5H,6,15H2,(H,16,17). The molecule has 0 atom stereocenters. The van der Waals surface area contributed by atoms with Crippen LogP contribution in [0.25, 0.3) is 0 Å². The van der Waals surface area contributed by atoms with E-state index in [0.29, 0.717) is 27.1 Å². The third-order valence-electron chi connectivity index (χ3n) is 2.38. The molecule has 7 heteroatoms. The van der Waals surface area contributed by atoms with E-state index in [0.717, 1.165) is 0 Å². The second-order valence-electron chi connectivity index (χ2n) is 3.60. The number of ether oxygens (including phenoxy) is 1. The van der Waals surface area contributed by atoms with Crippen LogP contribution in [0.15, 0.2) is 34.9 Å². The predicted molar refractivity (Wildman–Crippen MR) is 71.2 cm³/mol. The second-order valence-corrected chi connectivity index (χ2v) is 4.41. The molecular formula is C12H10Cl2N2O3. The minimum atomic E-state index is -0.443. The maximum absolute atomic E-state index is 11.4. The van der Waals surface area contributed by atoms with Crippen molar-refractivity contribution in [2.75, 3.05) is 0 Å². The number of benzene rings is 1. The van der Waals surface area contributed by atoms with Gasteiger partial charge in [0.25, 0.3) is 5.91 Å². The lowest BCUT2D eigenvalue weighted by molar-refractivity contribution is 0.0949. The summed E-state index contributed by atoms with van der Waals surface area (Å²) in [6.07, 6.45) is 1.39. The van der Waals surface area contributed by atoms with Crippen molar-refractivity contribution in [1.82, 2.24) is 5.43 Å². The number of nitrogen functional groups attached to an aromatic ring is 1. The maximum atomic E-state index is 11.4. The number of nitrogens with two attached hydrogens (primary N) is 1. The van der Waals surface area contributed by atoms with E-state index < -0.39 is 5.91 Å². The van der Waals surface area contributed by atoms with Crippen molar-refractivity contribution < 1.29 is 13.9 Å². The van der Waals surface area contributed by atoms with E-state index in [1.165, 1.54) is 12.3 Å². The SMILES string of the molecule is NNC(=O)c1ccoc1COc1ccc(Cl)c(Cl)c1. The van der Waals surface area contributed by atoms with Crippen LogP contribution in [0.3, 0.4) is 0 Å². The zero-order valence-electron chi connectivity index (χ0n) is 9.65. The number of amides is 1. The van der Waals surface area contributed by atoms with Gasteiger partial charge in [-0.25, -0.2) is 5.84 Å². The number of hydrogen-bond acceptors (Lipinski definition) is 4. The Morgan fingerprint density at radius 3 is 2.79 bits per heavy atom. The van der Waals surface area contributed by atoms with Crippen molar-refractivity contribution in [1.29, 1.82) is 0 Å². The third-order valence-corrected chi connectivity index (χ3v) is 3.12. The van der Waals surface area contributed by atoms with Crippen LogP contribution in [0.2, 0.25) is 10.0 Å². The molecule has 0 radical (unpaired) electrons. The summed E-state index contributed by atoms with van der Waals surface area (Å²) in [7, 11) is 0. The number of rotatable bonds is 4. The highest BCUT2D eigenvalue weighted by Gasteiger charge is 2.14. The molecule has 3 N–H and O–H groups in total. The summed E-state index contributed by atoms with van der Waals surface area (Å²) in [5.41, 5.74) is 2.35. The molecule has 0 saturated heterocycles. The molecule has 2 rings (SSSR count). The summed E-state index contributed by atoms with van der Waals surface area (Å²) in [5, 5.41) is 0.828. The van der Waals surface area contributed by atoms with Gasteiger partial charge in [-0.1, -0.05) is 23.2 Å². The molecule has 0 aliphatic carbocycles. The number of halogens is 2. The highest BCUT2D eigenvalue weighted by atomic mass is 35.5. The van der Waals surface area contributed by atoms with Crippen LogP contribution < -0.4 is 16.0 Å². The van der Waals surface area contributed by atoms with Crippen molar-refractivity contribution >= 4 is 29.1 Å². The van der Waals surface area contributed by atoms with Crippen LogP contribution in [0, 0.1) is 0 Å². The molecule has 0 spiro atoms. The van der Waals surface area contributed by atoms with Crippen LogP contribution in [0.5, 0.6) is 5.75 Å². The number of carbonyl (C=O) groups excluding carboxylic acids is 1. The topological polar surface area (TPSA) is 77.5 Å². The summed E-state index contributed by atoms with van der Waals surface area (Å²) < 4.78 is 10.6. The second kappa shape index (κ2) is 5.97. The zero-order valence-corrected chi connectivity index (χ0v) is 11.2. The normalized spacial score (nSPS) is 10.3. The maximum Gasteiger partial charge on any atom is 0.268 e. The Bertz CT molecular complexity index is 598. The molecule has 2 aromatic rings.